The molecule has 0 bridgehead atoms. The molecule has 1 atom stereocenters. The molecule has 1 aromatic heterocycles. The quantitative estimate of drug-likeness (QED) is 0.800. The molecule has 24 heavy (non-hydrogen) atoms. The Labute approximate surface area is 143 Å². The van der Waals surface area contributed by atoms with Gasteiger partial charge in [-0.25, -0.2) is 4.98 Å². The molecule has 1 amide bonds. The number of likely N-dealkylation sites (tertiary alicyclic amines) is 1. The minimum Gasteiger partial charge on any atom is -0.379 e. The lowest BCUT2D eigenvalue weighted by Gasteiger charge is -2.28. The van der Waals surface area contributed by atoms with Crippen LogP contribution >= 0.6 is 0 Å². The predicted octanol–water partition coefficient (Wildman–Crippen LogP) is 0.169. The first-order valence-corrected chi connectivity index (χ1v) is 8.80. The van der Waals surface area contributed by atoms with E-state index in [2.05, 4.69) is 25.1 Å². The fourth-order valence-electron chi connectivity index (χ4n) is 3.23. The van der Waals surface area contributed by atoms with Crippen LogP contribution in [0.5, 0.6) is 0 Å². The first kappa shape index (κ1) is 17.3. The van der Waals surface area contributed by atoms with Gasteiger partial charge in [-0.1, -0.05) is 0 Å². The molecule has 2 fully saturated rings. The second-order valence-electron chi connectivity index (χ2n) is 6.66. The van der Waals surface area contributed by atoms with Crippen LogP contribution in [0.1, 0.15) is 22.6 Å². The maximum absolute atomic E-state index is 12.1. The molecule has 2 aliphatic heterocycles. The van der Waals surface area contributed by atoms with Crippen molar-refractivity contribution in [3.05, 3.63) is 23.8 Å². The molecule has 0 aliphatic carbocycles. The molecule has 1 N–H and O–H groups in total. The number of morpholine rings is 1. The van der Waals surface area contributed by atoms with E-state index in [4.69, 9.17) is 4.74 Å². The van der Waals surface area contributed by atoms with E-state index >= 15 is 0 Å². The maximum atomic E-state index is 12.1. The first-order chi connectivity index (χ1) is 11.7. The number of rotatable bonds is 6. The Bertz CT molecular complexity index is 530. The molecule has 3 heterocycles. The molecular weight excluding hydrogens is 306 g/mol. The van der Waals surface area contributed by atoms with Crippen molar-refractivity contribution in [1.82, 2.24) is 25.1 Å². The fraction of sp³-hybridized carbons (Fsp3) is 0.706. The summed E-state index contributed by atoms with van der Waals surface area (Å²) in [5, 5.41) is 2.99. The average molecular weight is 333 g/mol. The Morgan fingerprint density at radius 1 is 1.21 bits per heavy atom. The van der Waals surface area contributed by atoms with Gasteiger partial charge in [0.1, 0.15) is 5.69 Å². The number of nitrogens with zero attached hydrogens (tertiary/aromatic N) is 4. The summed E-state index contributed by atoms with van der Waals surface area (Å²) in [6.45, 7) is 10.8. The third kappa shape index (κ3) is 4.96. The molecule has 0 radical (unpaired) electrons. The Balaban J connectivity index is 1.35. The van der Waals surface area contributed by atoms with E-state index in [0.717, 1.165) is 64.6 Å². The number of amides is 1. The lowest BCUT2D eigenvalue weighted by atomic mass is 10.1. The Kier molecular flexibility index (Phi) is 6.12. The van der Waals surface area contributed by atoms with Crippen molar-refractivity contribution in [2.75, 3.05) is 59.0 Å². The number of aromatic nitrogens is 2. The minimum atomic E-state index is -0.130. The van der Waals surface area contributed by atoms with Crippen molar-refractivity contribution >= 4 is 5.91 Å². The van der Waals surface area contributed by atoms with Gasteiger partial charge in [0.2, 0.25) is 0 Å². The highest BCUT2D eigenvalue weighted by Crippen LogP contribution is 2.15. The van der Waals surface area contributed by atoms with E-state index in [1.54, 1.807) is 6.20 Å². The average Bonchev–Trinajstić information content (AvgIpc) is 3.07. The summed E-state index contributed by atoms with van der Waals surface area (Å²) in [5.74, 6) is 0.395. The van der Waals surface area contributed by atoms with Gasteiger partial charge in [0, 0.05) is 45.5 Å². The normalized spacial score (nSPS) is 22.6. The molecule has 3 rings (SSSR count). The third-order valence-corrected chi connectivity index (χ3v) is 4.77. The van der Waals surface area contributed by atoms with Crippen LogP contribution in [-0.4, -0.2) is 84.7 Å². The number of carbonyl (C=O) groups excluding carboxylic acids is 1. The number of carbonyl (C=O) groups is 1. The van der Waals surface area contributed by atoms with Crippen molar-refractivity contribution in [3.8, 4) is 0 Å². The summed E-state index contributed by atoms with van der Waals surface area (Å²) in [6.07, 6.45) is 4.30. The van der Waals surface area contributed by atoms with E-state index in [1.807, 2.05) is 6.92 Å². The van der Waals surface area contributed by atoms with Crippen molar-refractivity contribution in [2.45, 2.75) is 13.3 Å². The van der Waals surface area contributed by atoms with Crippen LogP contribution in [0.3, 0.4) is 0 Å². The first-order valence-electron chi connectivity index (χ1n) is 8.80. The topological polar surface area (TPSA) is 70.6 Å². The van der Waals surface area contributed by atoms with Crippen LogP contribution in [0, 0.1) is 12.8 Å². The second kappa shape index (κ2) is 8.50. The van der Waals surface area contributed by atoms with Crippen molar-refractivity contribution in [2.24, 2.45) is 5.92 Å². The van der Waals surface area contributed by atoms with Crippen LogP contribution in [0.4, 0.5) is 0 Å². The Hall–Kier alpha value is -1.57. The van der Waals surface area contributed by atoms with Gasteiger partial charge in [-0.2, -0.15) is 0 Å². The molecule has 132 valence electrons. The van der Waals surface area contributed by atoms with Crippen molar-refractivity contribution in [3.63, 3.8) is 0 Å². The zero-order chi connectivity index (χ0) is 16.8. The Morgan fingerprint density at radius 2 is 2.00 bits per heavy atom. The van der Waals surface area contributed by atoms with Gasteiger partial charge in [-0.05, 0) is 25.8 Å². The largest absolute Gasteiger partial charge is 0.379 e. The van der Waals surface area contributed by atoms with Crippen LogP contribution in [0.2, 0.25) is 0 Å². The molecular formula is C17H27N5O2. The minimum absolute atomic E-state index is 0.130. The summed E-state index contributed by atoms with van der Waals surface area (Å²) in [4.78, 5) is 25.3. The second-order valence-corrected chi connectivity index (χ2v) is 6.66. The molecule has 0 saturated carbocycles. The monoisotopic (exact) mass is 333 g/mol. The lowest BCUT2D eigenvalue weighted by Crippen LogP contribution is -2.41. The fourth-order valence-corrected chi connectivity index (χ4v) is 3.23. The van der Waals surface area contributed by atoms with Gasteiger partial charge >= 0.3 is 0 Å². The van der Waals surface area contributed by atoms with E-state index in [0.29, 0.717) is 18.2 Å². The summed E-state index contributed by atoms with van der Waals surface area (Å²) >= 11 is 0. The molecule has 0 aromatic carbocycles. The third-order valence-electron chi connectivity index (χ3n) is 4.77. The zero-order valence-corrected chi connectivity index (χ0v) is 14.4. The smallest absolute Gasteiger partial charge is 0.271 e. The van der Waals surface area contributed by atoms with Gasteiger partial charge in [0.15, 0.2) is 0 Å². The number of hydrogen-bond acceptors (Lipinski definition) is 6. The lowest BCUT2D eigenvalue weighted by molar-refractivity contribution is 0.0342. The number of hydrogen-bond donors (Lipinski definition) is 1. The number of ether oxygens (including phenoxy) is 1. The molecule has 1 aromatic rings. The van der Waals surface area contributed by atoms with E-state index in [9.17, 15) is 4.79 Å². The standard InChI is InChI=1S/C17H27N5O2/c1-14-10-19-16(12-18-14)17(23)20-11-15-2-3-22(13-15)5-4-21-6-8-24-9-7-21/h10,12,15H,2-9,11,13H2,1H3,(H,20,23). The van der Waals surface area contributed by atoms with Crippen LogP contribution in [0.25, 0.3) is 0 Å². The zero-order valence-electron chi connectivity index (χ0n) is 14.4. The molecule has 1 unspecified atom stereocenters. The van der Waals surface area contributed by atoms with E-state index in [-0.39, 0.29) is 5.91 Å². The maximum Gasteiger partial charge on any atom is 0.271 e. The summed E-state index contributed by atoms with van der Waals surface area (Å²) in [6, 6.07) is 0. The van der Waals surface area contributed by atoms with Crippen LogP contribution in [-0.2, 0) is 4.74 Å². The SMILES string of the molecule is Cc1cnc(C(=O)NCC2CCN(CCN3CCOCC3)C2)cn1. The highest BCUT2D eigenvalue weighted by atomic mass is 16.5. The van der Waals surface area contributed by atoms with E-state index < -0.39 is 0 Å². The van der Waals surface area contributed by atoms with Gasteiger partial charge in [-0.3, -0.25) is 14.7 Å². The van der Waals surface area contributed by atoms with E-state index in [1.165, 1.54) is 6.20 Å². The molecule has 7 heteroatoms. The summed E-state index contributed by atoms with van der Waals surface area (Å²) in [7, 11) is 0. The molecule has 2 saturated heterocycles. The number of aryl methyl sites for hydroxylation is 1. The van der Waals surface area contributed by atoms with Crippen LogP contribution < -0.4 is 5.32 Å². The molecule has 7 nitrogen and oxygen atoms in total. The molecule has 0 spiro atoms. The van der Waals surface area contributed by atoms with Gasteiger partial charge in [0.25, 0.3) is 5.91 Å². The summed E-state index contributed by atoms with van der Waals surface area (Å²) < 4.78 is 5.38. The highest BCUT2D eigenvalue weighted by molar-refractivity contribution is 5.91. The van der Waals surface area contributed by atoms with Gasteiger partial charge < -0.3 is 15.0 Å². The predicted molar refractivity (Wildman–Crippen MR) is 90.9 cm³/mol. The summed E-state index contributed by atoms with van der Waals surface area (Å²) in [5.41, 5.74) is 1.21. The highest BCUT2D eigenvalue weighted by Gasteiger charge is 2.23. The van der Waals surface area contributed by atoms with Crippen molar-refractivity contribution < 1.29 is 9.53 Å². The molecule has 2 aliphatic rings. The van der Waals surface area contributed by atoms with Crippen molar-refractivity contribution in [1.29, 1.82) is 0 Å². The Morgan fingerprint density at radius 3 is 2.75 bits per heavy atom. The van der Waals surface area contributed by atoms with Gasteiger partial charge in [-0.15, -0.1) is 0 Å². The van der Waals surface area contributed by atoms with Crippen LogP contribution in [0.15, 0.2) is 12.4 Å². The number of nitrogens with one attached hydrogen (secondary N) is 1. The van der Waals surface area contributed by atoms with Gasteiger partial charge in [0.05, 0.1) is 25.1 Å².